The molecule has 29 heavy (non-hydrogen) atoms. The zero-order chi connectivity index (χ0) is 20.4. The Hall–Kier alpha value is -3.28. The molecule has 1 aliphatic rings. The molecule has 0 radical (unpaired) electrons. The van der Waals surface area contributed by atoms with Gasteiger partial charge in [0, 0.05) is 22.6 Å². The predicted molar refractivity (Wildman–Crippen MR) is 110 cm³/mol. The number of amides is 1. The molecule has 1 aromatic heterocycles. The number of rotatable bonds is 6. The van der Waals surface area contributed by atoms with Crippen molar-refractivity contribution >= 4 is 16.9 Å². The molecular formula is C23H23NO5. The van der Waals surface area contributed by atoms with Gasteiger partial charge in [-0.15, -0.1) is 0 Å². The number of para-hydroxylation sites is 1. The van der Waals surface area contributed by atoms with Gasteiger partial charge in [0.1, 0.15) is 17.1 Å². The van der Waals surface area contributed by atoms with Gasteiger partial charge >= 0.3 is 5.63 Å². The minimum absolute atomic E-state index is 0.139. The maximum absolute atomic E-state index is 12.3. The zero-order valence-corrected chi connectivity index (χ0v) is 16.5. The number of hydrogen-bond donors (Lipinski definition) is 1. The quantitative estimate of drug-likeness (QED) is 0.648. The number of hydrogen-bond acceptors (Lipinski definition) is 5. The van der Waals surface area contributed by atoms with E-state index in [2.05, 4.69) is 5.32 Å². The monoisotopic (exact) mass is 393 g/mol. The highest BCUT2D eigenvalue weighted by Gasteiger charge is 2.20. The number of ether oxygens (including phenoxy) is 2. The molecule has 3 aromatic rings. The molecule has 4 rings (SSSR count). The Morgan fingerprint density at radius 1 is 1.17 bits per heavy atom. The summed E-state index contributed by atoms with van der Waals surface area (Å²) in [5.74, 6) is 0.955. The molecule has 1 N–H and O–H groups in total. The van der Waals surface area contributed by atoms with Crippen LogP contribution >= 0.6 is 0 Å². The summed E-state index contributed by atoms with van der Waals surface area (Å²) in [7, 11) is 1.60. The fourth-order valence-electron chi connectivity index (χ4n) is 3.89. The average Bonchev–Trinajstić information content (AvgIpc) is 3.23. The van der Waals surface area contributed by atoms with E-state index < -0.39 is 0 Å². The molecule has 0 saturated carbocycles. The van der Waals surface area contributed by atoms with Crippen LogP contribution in [0.15, 0.2) is 51.7 Å². The van der Waals surface area contributed by atoms with Crippen molar-refractivity contribution in [2.24, 2.45) is 0 Å². The molecule has 0 spiro atoms. The lowest BCUT2D eigenvalue weighted by Gasteiger charge is -2.17. The summed E-state index contributed by atoms with van der Waals surface area (Å²) in [5.41, 5.74) is 2.98. The van der Waals surface area contributed by atoms with E-state index in [-0.39, 0.29) is 24.2 Å². The third kappa shape index (κ3) is 3.83. The first-order valence-corrected chi connectivity index (χ1v) is 9.70. The number of carbonyl (C=O) groups excluding carboxylic acids is 1. The van der Waals surface area contributed by atoms with Gasteiger partial charge in [-0.3, -0.25) is 4.79 Å². The Bertz CT molecular complexity index is 1120. The molecule has 1 unspecified atom stereocenters. The molecule has 6 heteroatoms. The maximum Gasteiger partial charge on any atom is 0.339 e. The number of benzene rings is 2. The van der Waals surface area contributed by atoms with Crippen LogP contribution in [-0.4, -0.2) is 19.6 Å². The van der Waals surface area contributed by atoms with Crippen LogP contribution in [0, 0.1) is 0 Å². The van der Waals surface area contributed by atoms with Crippen LogP contribution in [0.3, 0.4) is 0 Å². The average molecular weight is 393 g/mol. The van der Waals surface area contributed by atoms with Crippen LogP contribution in [0.25, 0.3) is 11.0 Å². The molecule has 150 valence electrons. The number of aryl methyl sites for hydroxylation is 1. The van der Waals surface area contributed by atoms with Crippen molar-refractivity contribution in [3.63, 3.8) is 0 Å². The van der Waals surface area contributed by atoms with E-state index in [1.165, 1.54) is 0 Å². The van der Waals surface area contributed by atoms with E-state index in [9.17, 15) is 9.59 Å². The Morgan fingerprint density at radius 3 is 2.79 bits per heavy atom. The topological polar surface area (TPSA) is 77.8 Å². The molecule has 1 amide bonds. The predicted octanol–water partition coefficient (Wildman–Crippen LogP) is 3.55. The fraction of sp³-hybridized carbons (Fsp3) is 0.304. The summed E-state index contributed by atoms with van der Waals surface area (Å²) in [4.78, 5) is 24.4. The van der Waals surface area contributed by atoms with Crippen molar-refractivity contribution in [2.45, 2.75) is 32.2 Å². The first kappa shape index (κ1) is 19.1. The van der Waals surface area contributed by atoms with Crippen LogP contribution in [0.4, 0.5) is 0 Å². The minimum atomic E-state index is -0.273. The maximum atomic E-state index is 12.3. The van der Waals surface area contributed by atoms with Gasteiger partial charge in [0.2, 0.25) is 0 Å². The minimum Gasteiger partial charge on any atom is -0.496 e. The molecule has 6 nitrogen and oxygen atoms in total. The largest absolute Gasteiger partial charge is 0.496 e. The van der Waals surface area contributed by atoms with Gasteiger partial charge in [-0.05, 0) is 49.9 Å². The Morgan fingerprint density at radius 2 is 1.97 bits per heavy atom. The molecule has 0 saturated heterocycles. The molecule has 0 fully saturated rings. The summed E-state index contributed by atoms with van der Waals surface area (Å²) in [6.07, 6.45) is 2.64. The standard InChI is InChI=1S/C23H23NO5/c1-14(16-6-3-4-9-20(16)27-2)24-22(25)13-28-15-10-11-18-17-7-5-8-19(17)23(26)29-21(18)12-15/h3-4,6,9-12,14H,5,7-8,13H2,1-2H3,(H,24,25). The van der Waals surface area contributed by atoms with Crippen molar-refractivity contribution in [3.8, 4) is 11.5 Å². The third-order valence-electron chi connectivity index (χ3n) is 5.30. The first-order chi connectivity index (χ1) is 14.1. The van der Waals surface area contributed by atoms with Crippen molar-refractivity contribution in [1.82, 2.24) is 5.32 Å². The summed E-state index contributed by atoms with van der Waals surface area (Å²) in [5, 5.41) is 3.85. The fourth-order valence-corrected chi connectivity index (χ4v) is 3.89. The Labute approximate surface area is 168 Å². The lowest BCUT2D eigenvalue weighted by atomic mass is 10.1. The molecule has 1 aliphatic carbocycles. The van der Waals surface area contributed by atoms with Crippen LogP contribution < -0.4 is 20.4 Å². The molecular weight excluding hydrogens is 370 g/mol. The van der Waals surface area contributed by atoms with Crippen LogP contribution in [0.1, 0.15) is 36.1 Å². The van der Waals surface area contributed by atoms with E-state index in [0.717, 1.165) is 47.1 Å². The first-order valence-electron chi connectivity index (χ1n) is 9.70. The van der Waals surface area contributed by atoms with Crippen molar-refractivity contribution in [2.75, 3.05) is 13.7 Å². The molecule has 1 heterocycles. The van der Waals surface area contributed by atoms with Gasteiger partial charge in [-0.25, -0.2) is 4.79 Å². The van der Waals surface area contributed by atoms with Crippen LogP contribution in [-0.2, 0) is 17.6 Å². The van der Waals surface area contributed by atoms with E-state index in [1.807, 2.05) is 37.3 Å². The van der Waals surface area contributed by atoms with Crippen LogP contribution in [0.2, 0.25) is 0 Å². The molecule has 1 atom stereocenters. The number of carbonyl (C=O) groups is 1. The van der Waals surface area contributed by atoms with Gasteiger partial charge in [-0.2, -0.15) is 0 Å². The van der Waals surface area contributed by atoms with Crippen molar-refractivity contribution in [1.29, 1.82) is 0 Å². The van der Waals surface area contributed by atoms with Crippen molar-refractivity contribution < 1.29 is 18.7 Å². The second-order valence-corrected chi connectivity index (χ2v) is 7.18. The van der Waals surface area contributed by atoms with E-state index in [0.29, 0.717) is 11.3 Å². The second kappa shape index (κ2) is 7.99. The summed E-state index contributed by atoms with van der Waals surface area (Å²) >= 11 is 0. The highest BCUT2D eigenvalue weighted by atomic mass is 16.5. The second-order valence-electron chi connectivity index (χ2n) is 7.18. The summed E-state index contributed by atoms with van der Waals surface area (Å²) in [6.45, 7) is 1.75. The molecule has 0 aliphatic heterocycles. The Balaban J connectivity index is 1.43. The number of fused-ring (bicyclic) bond motifs is 3. The smallest absolute Gasteiger partial charge is 0.339 e. The number of nitrogens with one attached hydrogen (secondary N) is 1. The highest BCUT2D eigenvalue weighted by molar-refractivity contribution is 5.83. The number of methoxy groups -OCH3 is 1. The summed E-state index contributed by atoms with van der Waals surface area (Å²) in [6, 6.07) is 12.7. The normalized spacial score (nSPS) is 13.7. The van der Waals surface area contributed by atoms with Gasteiger partial charge < -0.3 is 19.2 Å². The lowest BCUT2D eigenvalue weighted by molar-refractivity contribution is -0.123. The van der Waals surface area contributed by atoms with Crippen LogP contribution in [0.5, 0.6) is 11.5 Å². The lowest BCUT2D eigenvalue weighted by Crippen LogP contribution is -2.31. The SMILES string of the molecule is COc1ccccc1C(C)NC(=O)COc1ccc2c3c(c(=O)oc2c1)CCC3. The van der Waals surface area contributed by atoms with Gasteiger partial charge in [-0.1, -0.05) is 18.2 Å². The third-order valence-corrected chi connectivity index (χ3v) is 5.30. The zero-order valence-electron chi connectivity index (χ0n) is 16.5. The molecule has 0 bridgehead atoms. The Kier molecular flexibility index (Phi) is 5.25. The van der Waals surface area contributed by atoms with Gasteiger partial charge in [0.05, 0.1) is 13.2 Å². The van der Waals surface area contributed by atoms with Gasteiger partial charge in [0.25, 0.3) is 5.91 Å². The van der Waals surface area contributed by atoms with E-state index >= 15 is 0 Å². The van der Waals surface area contributed by atoms with Crippen molar-refractivity contribution in [3.05, 3.63) is 69.6 Å². The summed E-state index contributed by atoms with van der Waals surface area (Å²) < 4.78 is 16.4. The van der Waals surface area contributed by atoms with E-state index in [4.69, 9.17) is 13.9 Å². The van der Waals surface area contributed by atoms with Gasteiger partial charge in [0.15, 0.2) is 6.61 Å². The highest BCUT2D eigenvalue weighted by Crippen LogP contribution is 2.29. The molecule has 2 aromatic carbocycles. The van der Waals surface area contributed by atoms with E-state index in [1.54, 1.807) is 19.2 Å².